The van der Waals surface area contributed by atoms with E-state index >= 15 is 0 Å². The Hall–Kier alpha value is -6.48. The lowest BCUT2D eigenvalue weighted by atomic mass is 9.48. The van der Waals surface area contributed by atoms with Crippen molar-refractivity contribution >= 4 is 160 Å². The van der Waals surface area contributed by atoms with Crippen LogP contribution in [0.3, 0.4) is 0 Å². The van der Waals surface area contributed by atoms with Crippen LogP contribution in [0.15, 0.2) is 282 Å². The molecule has 482 valence electrons. The Morgan fingerprint density at radius 1 is 0.184 bits per heavy atom. The minimum atomic E-state index is 0.451. The second-order valence-corrected chi connectivity index (χ2v) is 34.6. The lowest BCUT2D eigenvalue weighted by molar-refractivity contribution is -0.00526. The van der Waals surface area contributed by atoms with Gasteiger partial charge in [-0.25, -0.2) is 0 Å². The molecule has 8 fully saturated rings. The maximum absolute atomic E-state index is 4.13. The SMILES string of the molecule is Brc1c2ccc(-c3ccccc3)cc2c(Br)c2ccc(-c3ccccc3)cc12.Brc1c2ccc(C34CC5CC(CC(C5)C3)C4)cc2c(Br)c2ccc(C34CC5CC(CC(C5)C3)C4)cc12.Brc1c2ccccc2c(Br)c2cc(-c3cc(-c4ccccc4)cc(-c4ccccc4)c3)ccc12. The van der Waals surface area contributed by atoms with E-state index in [1.54, 1.807) is 11.1 Å². The molecule has 0 amide bonds. The van der Waals surface area contributed by atoms with Crippen molar-refractivity contribution < 1.29 is 0 Å². The van der Waals surface area contributed by atoms with Crippen LogP contribution in [0, 0.1) is 35.5 Å². The summed E-state index contributed by atoms with van der Waals surface area (Å²) in [6.45, 7) is 0. The van der Waals surface area contributed by atoms with E-state index in [9.17, 15) is 0 Å². The van der Waals surface area contributed by atoms with Crippen molar-refractivity contribution in [2.75, 3.05) is 0 Å². The van der Waals surface area contributed by atoms with Crippen molar-refractivity contribution in [3.8, 4) is 55.6 Å². The zero-order chi connectivity index (χ0) is 66.0. The molecular formula is C92H72Br6. The summed E-state index contributed by atoms with van der Waals surface area (Å²) in [4.78, 5) is 0. The van der Waals surface area contributed by atoms with Crippen LogP contribution < -0.4 is 0 Å². The average molecular weight is 1660 g/mol. The van der Waals surface area contributed by atoms with Gasteiger partial charge in [-0.1, -0.05) is 206 Å². The molecule has 0 heterocycles. The van der Waals surface area contributed by atoms with Gasteiger partial charge in [-0.15, -0.1) is 0 Å². The van der Waals surface area contributed by atoms with E-state index in [0.29, 0.717) is 10.8 Å². The molecule has 0 aliphatic heterocycles. The molecule has 0 aromatic heterocycles. The Labute approximate surface area is 625 Å². The fraction of sp³-hybridized carbons (Fsp3) is 0.217. The maximum atomic E-state index is 4.13. The first-order valence-corrected chi connectivity index (χ1v) is 40.0. The molecule has 0 nitrogen and oxygen atoms in total. The first-order valence-electron chi connectivity index (χ1n) is 35.2. The van der Waals surface area contributed by atoms with Crippen molar-refractivity contribution in [1.29, 1.82) is 0 Å². The smallest absolute Gasteiger partial charge is 0.0333 e. The summed E-state index contributed by atoms with van der Waals surface area (Å²) in [6, 6.07) is 92.8. The van der Waals surface area contributed by atoms with Crippen LogP contribution in [0.2, 0.25) is 0 Å². The van der Waals surface area contributed by atoms with Crippen molar-refractivity contribution in [3.05, 3.63) is 293 Å². The van der Waals surface area contributed by atoms with Gasteiger partial charge in [0, 0.05) is 26.8 Å². The van der Waals surface area contributed by atoms with E-state index in [-0.39, 0.29) is 0 Å². The van der Waals surface area contributed by atoms with E-state index in [1.165, 1.54) is 206 Å². The van der Waals surface area contributed by atoms with Gasteiger partial charge < -0.3 is 0 Å². The highest BCUT2D eigenvalue weighted by atomic mass is 79.9. The zero-order valence-electron chi connectivity index (χ0n) is 54.5. The van der Waals surface area contributed by atoms with E-state index in [0.717, 1.165) is 53.4 Å². The molecule has 0 spiro atoms. The van der Waals surface area contributed by atoms with Crippen molar-refractivity contribution in [2.24, 2.45) is 35.5 Å². The number of hydrogen-bond acceptors (Lipinski definition) is 0. The Kier molecular flexibility index (Phi) is 16.8. The summed E-state index contributed by atoms with van der Waals surface area (Å²) < 4.78 is 7.15. The topological polar surface area (TPSA) is 0 Å². The molecule has 0 radical (unpaired) electrons. The lowest BCUT2D eigenvalue weighted by Crippen LogP contribution is -2.48. The minimum absolute atomic E-state index is 0.451. The number of fused-ring (bicyclic) bond motifs is 6. The molecule has 0 atom stereocenters. The highest BCUT2D eigenvalue weighted by Gasteiger charge is 2.53. The first-order chi connectivity index (χ1) is 47.9. The molecule has 14 aromatic rings. The van der Waals surface area contributed by atoms with Crippen LogP contribution >= 0.6 is 95.6 Å². The van der Waals surface area contributed by atoms with Crippen LogP contribution in [-0.4, -0.2) is 0 Å². The summed E-state index contributed by atoms with van der Waals surface area (Å²) in [6.07, 6.45) is 17.7. The van der Waals surface area contributed by atoms with E-state index in [1.807, 2.05) is 0 Å². The number of benzene rings is 14. The highest BCUT2D eigenvalue weighted by molar-refractivity contribution is 9.11. The minimum Gasteiger partial charge on any atom is -0.0622 e. The van der Waals surface area contributed by atoms with Crippen molar-refractivity contribution in [3.63, 3.8) is 0 Å². The normalized spacial score (nSPS) is 22.6. The Morgan fingerprint density at radius 3 is 0.694 bits per heavy atom. The molecule has 6 heteroatoms. The molecule has 8 saturated carbocycles. The molecule has 8 aliphatic carbocycles. The Balaban J connectivity index is 0.000000108. The van der Waals surface area contributed by atoms with Gasteiger partial charge in [0.2, 0.25) is 0 Å². The quantitative estimate of drug-likeness (QED) is 0.140. The first kappa shape index (κ1) is 63.7. The van der Waals surface area contributed by atoms with Crippen LogP contribution in [-0.2, 0) is 10.8 Å². The molecule has 22 rings (SSSR count). The van der Waals surface area contributed by atoms with Gasteiger partial charge in [0.05, 0.1) is 0 Å². The van der Waals surface area contributed by atoms with E-state index in [4.69, 9.17) is 0 Å². The monoisotopic (exact) mass is 1650 g/mol. The van der Waals surface area contributed by atoms with Gasteiger partial charge >= 0.3 is 0 Å². The maximum Gasteiger partial charge on any atom is 0.0333 e. The number of hydrogen-bond donors (Lipinski definition) is 0. The van der Waals surface area contributed by atoms with Crippen LogP contribution in [0.1, 0.15) is 88.2 Å². The van der Waals surface area contributed by atoms with Gasteiger partial charge in [-0.05, 0) is 399 Å². The molecule has 8 aliphatic rings. The molecule has 0 saturated heterocycles. The Bertz CT molecular complexity index is 5120. The highest BCUT2D eigenvalue weighted by Crippen LogP contribution is 2.63. The second-order valence-electron chi connectivity index (χ2n) is 29.9. The lowest BCUT2D eigenvalue weighted by Gasteiger charge is -2.57. The Morgan fingerprint density at radius 2 is 0.398 bits per heavy atom. The molecule has 8 bridgehead atoms. The van der Waals surface area contributed by atoms with Gasteiger partial charge in [0.1, 0.15) is 0 Å². The van der Waals surface area contributed by atoms with Crippen LogP contribution in [0.25, 0.3) is 120 Å². The van der Waals surface area contributed by atoms with Gasteiger partial charge in [-0.3, -0.25) is 0 Å². The summed E-state index contributed by atoms with van der Waals surface area (Å²) in [7, 11) is 0. The van der Waals surface area contributed by atoms with Gasteiger partial charge in [0.15, 0.2) is 0 Å². The van der Waals surface area contributed by atoms with Crippen molar-refractivity contribution in [1.82, 2.24) is 0 Å². The largest absolute Gasteiger partial charge is 0.0622 e. The molecule has 0 unspecified atom stereocenters. The summed E-state index contributed by atoms with van der Waals surface area (Å²) >= 11 is 23.8. The fourth-order valence-electron chi connectivity index (χ4n) is 20.1. The van der Waals surface area contributed by atoms with Crippen LogP contribution in [0.4, 0.5) is 0 Å². The van der Waals surface area contributed by atoms with E-state index in [2.05, 4.69) is 350 Å². The number of rotatable bonds is 7. The predicted octanol–water partition coefficient (Wildman–Crippen LogP) is 29.8. The van der Waals surface area contributed by atoms with Crippen LogP contribution in [0.5, 0.6) is 0 Å². The molecule has 14 aromatic carbocycles. The standard InChI is InChI=1S/C34H36Br2.C32H20Br2.C26H16Br2/c35-31-27-3-1-25(33-13-19-5-20(14-33)7-21(6-19)15-33)11-29(27)32(36)28-4-2-26(12-30(28)31)34-16-22-8-23(17-34)10-24(9-22)18-34;33-31-27-13-7-8-14-28(27)32(34)30-20-23(15-16-29(30)31)26-18-24(21-9-3-1-4-10-21)17-25(19-26)22-11-5-2-6-12-22;27-25-22-14-12-20(18-9-5-2-6-10-18)16-24(22)26(28)21-13-11-19(15-23(21)25)17-7-3-1-4-8-17/h1-4,11-12,19-24H,5-10,13-18H2;1-20H;1-16H. The number of halogens is 6. The summed E-state index contributed by atoms with van der Waals surface area (Å²) in [5.41, 5.74) is 16.3. The average Bonchev–Trinajstić information content (AvgIpc) is 0.726. The van der Waals surface area contributed by atoms with Gasteiger partial charge in [-0.2, -0.15) is 0 Å². The summed E-state index contributed by atoms with van der Waals surface area (Å²) in [5, 5.41) is 15.3. The van der Waals surface area contributed by atoms with Crippen molar-refractivity contribution in [2.45, 2.75) is 87.9 Å². The summed E-state index contributed by atoms with van der Waals surface area (Å²) in [5.74, 6) is 5.93. The fourth-order valence-corrected chi connectivity index (χ4v) is 24.2. The predicted molar refractivity (Wildman–Crippen MR) is 437 cm³/mol. The third-order valence-electron chi connectivity index (χ3n) is 23.9. The third kappa shape index (κ3) is 11.4. The van der Waals surface area contributed by atoms with E-state index < -0.39 is 0 Å². The molecule has 0 N–H and O–H groups in total. The molecule has 98 heavy (non-hydrogen) atoms. The molecular weight excluding hydrogens is 1580 g/mol. The zero-order valence-corrected chi connectivity index (χ0v) is 64.0. The second kappa shape index (κ2) is 25.8. The third-order valence-corrected chi connectivity index (χ3v) is 29.0. The van der Waals surface area contributed by atoms with Gasteiger partial charge in [0.25, 0.3) is 0 Å².